The zero-order valence-corrected chi connectivity index (χ0v) is 23.7. The maximum Gasteiger partial charge on any atom is 0.258 e. The largest absolute Gasteiger partial charge is 0.366 e. The lowest BCUT2D eigenvalue weighted by atomic mass is 10.1. The Kier molecular flexibility index (Phi) is 7.14. The van der Waals surface area contributed by atoms with Crippen molar-refractivity contribution < 1.29 is 14.0 Å². The average Bonchev–Trinajstić information content (AvgIpc) is 3.55. The van der Waals surface area contributed by atoms with Crippen LogP contribution in [0.5, 0.6) is 0 Å². The molecule has 1 saturated carbocycles. The minimum absolute atomic E-state index is 0.279. The summed E-state index contributed by atoms with van der Waals surface area (Å²) in [5.41, 5.74) is 3.77. The highest BCUT2D eigenvalue weighted by atomic mass is 35.5. The van der Waals surface area contributed by atoms with Gasteiger partial charge in [0.15, 0.2) is 0 Å². The van der Waals surface area contributed by atoms with Crippen molar-refractivity contribution in [1.82, 2.24) is 19.5 Å². The standard InChI is InChI=1S/C29H25ClFN7O2S/c1-15-12-38(16(2)34-15)21-8-17(11-31)7-18(9-21)28(39)36-20-5-6-23(30)24(10-20)37-29(40)22-13-41-26-25(22)32-14-33-27(26)35-19-3-4-19/h5-10,12-14,19H,3-4,11H2,1-2H3,(H,36,39)(H,37,40)(H,32,33,35). The molecule has 0 spiro atoms. The summed E-state index contributed by atoms with van der Waals surface area (Å²) in [5.74, 6) is 0.627. The van der Waals surface area contributed by atoms with Crippen molar-refractivity contribution in [2.24, 2.45) is 0 Å². The molecule has 6 rings (SSSR count). The van der Waals surface area contributed by atoms with Crippen LogP contribution in [0, 0.1) is 13.8 Å². The summed E-state index contributed by atoms with van der Waals surface area (Å²) in [6, 6.07) is 10.1. The summed E-state index contributed by atoms with van der Waals surface area (Å²) in [4.78, 5) is 39.5. The Hall–Kier alpha value is -4.35. The predicted molar refractivity (Wildman–Crippen MR) is 159 cm³/mol. The third-order valence-electron chi connectivity index (χ3n) is 6.66. The summed E-state index contributed by atoms with van der Waals surface area (Å²) >= 11 is 7.79. The third-order valence-corrected chi connectivity index (χ3v) is 7.97. The molecule has 0 radical (unpaired) electrons. The van der Waals surface area contributed by atoms with Gasteiger partial charge in [-0.3, -0.25) is 9.59 Å². The quantitative estimate of drug-likeness (QED) is 0.186. The maximum atomic E-state index is 13.7. The molecular weight excluding hydrogens is 565 g/mol. The Balaban J connectivity index is 1.22. The lowest BCUT2D eigenvalue weighted by Crippen LogP contribution is -2.15. The number of anilines is 3. The van der Waals surface area contributed by atoms with E-state index < -0.39 is 12.6 Å². The van der Waals surface area contributed by atoms with Gasteiger partial charge in [0, 0.05) is 34.6 Å². The zero-order chi connectivity index (χ0) is 28.7. The van der Waals surface area contributed by atoms with Gasteiger partial charge in [0.25, 0.3) is 11.8 Å². The van der Waals surface area contributed by atoms with E-state index in [1.54, 1.807) is 35.7 Å². The number of rotatable bonds is 8. The van der Waals surface area contributed by atoms with Crippen LogP contribution in [0.4, 0.5) is 21.6 Å². The number of benzene rings is 2. The van der Waals surface area contributed by atoms with Crippen LogP contribution in [-0.2, 0) is 6.67 Å². The minimum Gasteiger partial charge on any atom is -0.366 e. The normalized spacial score (nSPS) is 12.9. The Morgan fingerprint density at radius 3 is 2.66 bits per heavy atom. The second kappa shape index (κ2) is 10.9. The first-order chi connectivity index (χ1) is 19.8. The Bertz CT molecular complexity index is 1810. The van der Waals surface area contributed by atoms with Crippen molar-refractivity contribution in [3.05, 3.63) is 87.5 Å². The highest BCUT2D eigenvalue weighted by molar-refractivity contribution is 7.18. The van der Waals surface area contributed by atoms with Gasteiger partial charge in [0.05, 0.1) is 32.2 Å². The highest BCUT2D eigenvalue weighted by Crippen LogP contribution is 2.34. The monoisotopic (exact) mass is 589 g/mol. The van der Waals surface area contributed by atoms with Gasteiger partial charge in [0.2, 0.25) is 0 Å². The van der Waals surface area contributed by atoms with Gasteiger partial charge < -0.3 is 20.5 Å². The van der Waals surface area contributed by atoms with Crippen LogP contribution >= 0.6 is 22.9 Å². The smallest absolute Gasteiger partial charge is 0.258 e. The van der Waals surface area contributed by atoms with Crippen molar-refractivity contribution in [1.29, 1.82) is 0 Å². The second-order valence-electron chi connectivity index (χ2n) is 9.89. The SMILES string of the molecule is Cc1cn(-c2cc(CF)cc(C(=O)Nc3ccc(Cl)c(NC(=O)c4csc5c(NC6CC6)ncnc45)c3)c2)c(C)n1. The van der Waals surface area contributed by atoms with Crippen LogP contribution < -0.4 is 16.0 Å². The van der Waals surface area contributed by atoms with Gasteiger partial charge in [-0.1, -0.05) is 11.6 Å². The van der Waals surface area contributed by atoms with Gasteiger partial charge in [-0.05, 0) is 68.7 Å². The molecule has 12 heteroatoms. The van der Waals surface area contributed by atoms with Gasteiger partial charge in [0.1, 0.15) is 24.6 Å². The van der Waals surface area contributed by atoms with E-state index >= 15 is 0 Å². The Labute approximate surface area is 243 Å². The first kappa shape index (κ1) is 26.9. The summed E-state index contributed by atoms with van der Waals surface area (Å²) < 4.78 is 16.3. The molecule has 208 valence electrons. The molecule has 5 aromatic rings. The van der Waals surface area contributed by atoms with Crippen LogP contribution in [0.2, 0.25) is 5.02 Å². The van der Waals surface area contributed by atoms with E-state index in [-0.39, 0.29) is 11.5 Å². The number of imidazole rings is 1. The van der Waals surface area contributed by atoms with E-state index in [9.17, 15) is 14.0 Å². The molecule has 0 saturated heterocycles. The molecule has 0 bridgehead atoms. The molecular formula is C29H25ClFN7O2S. The van der Waals surface area contributed by atoms with E-state index in [0.29, 0.717) is 44.8 Å². The summed E-state index contributed by atoms with van der Waals surface area (Å²) in [7, 11) is 0. The number of nitrogens with zero attached hydrogens (tertiary/aromatic N) is 4. The molecule has 1 fully saturated rings. The number of aromatic nitrogens is 4. The highest BCUT2D eigenvalue weighted by Gasteiger charge is 2.24. The lowest BCUT2D eigenvalue weighted by Gasteiger charge is -2.13. The summed E-state index contributed by atoms with van der Waals surface area (Å²) in [6.45, 7) is 2.98. The average molecular weight is 590 g/mol. The fraction of sp³-hybridized carbons (Fsp3) is 0.207. The number of alkyl halides is 1. The summed E-state index contributed by atoms with van der Waals surface area (Å²) in [6.07, 6.45) is 5.47. The Morgan fingerprint density at radius 1 is 1.10 bits per heavy atom. The van der Waals surface area contributed by atoms with Gasteiger partial charge in [-0.25, -0.2) is 19.3 Å². The number of carbonyl (C=O) groups excluding carboxylic acids is 2. The number of nitrogens with one attached hydrogen (secondary N) is 3. The molecule has 2 amide bonds. The van der Waals surface area contributed by atoms with Gasteiger partial charge >= 0.3 is 0 Å². The molecule has 3 aromatic heterocycles. The zero-order valence-electron chi connectivity index (χ0n) is 22.2. The first-order valence-corrected chi connectivity index (χ1v) is 14.2. The number of amides is 2. The molecule has 0 aliphatic heterocycles. The molecule has 0 unspecified atom stereocenters. The van der Waals surface area contributed by atoms with Crippen LogP contribution in [0.15, 0.2) is 54.3 Å². The van der Waals surface area contributed by atoms with Crippen molar-refractivity contribution in [2.45, 2.75) is 39.4 Å². The molecule has 41 heavy (non-hydrogen) atoms. The third kappa shape index (κ3) is 5.63. The molecule has 9 nitrogen and oxygen atoms in total. The van der Waals surface area contributed by atoms with Crippen LogP contribution in [0.25, 0.3) is 15.9 Å². The lowest BCUT2D eigenvalue weighted by molar-refractivity contribution is 0.102. The van der Waals surface area contributed by atoms with Crippen molar-refractivity contribution in [3.8, 4) is 5.69 Å². The molecule has 3 N–H and O–H groups in total. The van der Waals surface area contributed by atoms with E-state index in [1.165, 1.54) is 23.7 Å². The van der Waals surface area contributed by atoms with Gasteiger partial charge in [-0.2, -0.15) is 0 Å². The number of carbonyl (C=O) groups is 2. The van der Waals surface area contributed by atoms with Crippen LogP contribution in [-0.4, -0.2) is 37.4 Å². The second-order valence-corrected chi connectivity index (χ2v) is 11.2. The number of halogens is 2. The molecule has 1 aliphatic carbocycles. The van der Waals surface area contributed by atoms with Gasteiger partial charge in [-0.15, -0.1) is 11.3 Å². The molecule has 3 heterocycles. The van der Waals surface area contributed by atoms with E-state index in [0.717, 1.165) is 34.9 Å². The Morgan fingerprint density at radius 2 is 1.93 bits per heavy atom. The predicted octanol–water partition coefficient (Wildman–Crippen LogP) is 6.70. The van der Waals surface area contributed by atoms with Crippen LogP contribution in [0.1, 0.15) is 50.6 Å². The fourth-order valence-corrected chi connectivity index (χ4v) is 5.65. The fourth-order valence-electron chi connectivity index (χ4n) is 4.53. The van der Waals surface area contributed by atoms with E-state index in [2.05, 4.69) is 30.9 Å². The maximum absolute atomic E-state index is 13.7. The van der Waals surface area contributed by atoms with Crippen molar-refractivity contribution in [3.63, 3.8) is 0 Å². The molecule has 2 aromatic carbocycles. The number of aryl methyl sites for hydroxylation is 2. The van der Waals surface area contributed by atoms with Crippen molar-refractivity contribution >= 4 is 62.2 Å². The summed E-state index contributed by atoms with van der Waals surface area (Å²) in [5, 5.41) is 11.1. The van der Waals surface area contributed by atoms with Crippen LogP contribution in [0.3, 0.4) is 0 Å². The van der Waals surface area contributed by atoms with E-state index in [1.807, 2.05) is 24.6 Å². The molecule has 0 atom stereocenters. The number of hydrogen-bond acceptors (Lipinski definition) is 7. The topological polar surface area (TPSA) is 114 Å². The molecule has 1 aliphatic rings. The van der Waals surface area contributed by atoms with E-state index in [4.69, 9.17) is 11.6 Å². The number of hydrogen-bond donors (Lipinski definition) is 3. The first-order valence-electron chi connectivity index (χ1n) is 12.9. The minimum atomic E-state index is -0.724. The van der Waals surface area contributed by atoms with Crippen molar-refractivity contribution in [2.75, 3.05) is 16.0 Å². The number of thiophene rings is 1. The number of fused-ring (bicyclic) bond motifs is 1.